The zero-order chi connectivity index (χ0) is 9.84. The van der Waals surface area contributed by atoms with Gasteiger partial charge >= 0.3 is 0 Å². The van der Waals surface area contributed by atoms with E-state index in [1.807, 2.05) is 11.3 Å². The van der Waals surface area contributed by atoms with Crippen LogP contribution >= 0.6 is 22.9 Å². The van der Waals surface area contributed by atoms with E-state index in [-0.39, 0.29) is 0 Å². The Morgan fingerprint density at radius 2 is 2.08 bits per heavy atom. The minimum atomic E-state index is 0.322. The number of rotatable bonds is 4. The maximum absolute atomic E-state index is 6.18. The number of hydrogen-bond donors (Lipinski definition) is 0. The topological polar surface area (TPSA) is 0 Å². The van der Waals surface area contributed by atoms with E-state index in [0.717, 1.165) is 12.8 Å². The molecule has 1 unspecified atom stereocenters. The molecule has 0 saturated heterocycles. The molecular formula is C11H17ClS. The largest absolute Gasteiger partial charge is 0.146 e. The van der Waals surface area contributed by atoms with Crippen molar-refractivity contribution in [2.45, 2.75) is 39.0 Å². The highest BCUT2D eigenvalue weighted by Crippen LogP contribution is 2.21. The standard InChI is InChI=1S/C11H17ClS/c1-8(2)11(12)7-6-10-5-4-9(3)13-10/h4-5,8,11H,6-7H2,1-3H3. The summed E-state index contributed by atoms with van der Waals surface area (Å²) in [6.45, 7) is 6.50. The molecule has 0 aliphatic carbocycles. The van der Waals surface area contributed by atoms with Gasteiger partial charge in [-0.05, 0) is 37.8 Å². The van der Waals surface area contributed by atoms with Gasteiger partial charge in [-0.1, -0.05) is 13.8 Å². The molecular weight excluding hydrogens is 200 g/mol. The lowest BCUT2D eigenvalue weighted by molar-refractivity contribution is 0.567. The Bertz CT molecular complexity index is 252. The summed E-state index contributed by atoms with van der Waals surface area (Å²) in [5.41, 5.74) is 0. The molecule has 1 aromatic rings. The van der Waals surface area contributed by atoms with E-state index >= 15 is 0 Å². The van der Waals surface area contributed by atoms with Crippen LogP contribution in [-0.4, -0.2) is 5.38 Å². The first kappa shape index (κ1) is 11.1. The van der Waals surface area contributed by atoms with Crippen molar-refractivity contribution in [2.75, 3.05) is 0 Å². The van der Waals surface area contributed by atoms with Crippen molar-refractivity contribution in [1.29, 1.82) is 0 Å². The lowest BCUT2D eigenvalue weighted by Crippen LogP contribution is -2.08. The zero-order valence-corrected chi connectivity index (χ0v) is 10.1. The molecule has 0 fully saturated rings. The van der Waals surface area contributed by atoms with Gasteiger partial charge in [0.25, 0.3) is 0 Å². The summed E-state index contributed by atoms with van der Waals surface area (Å²) in [5.74, 6) is 0.586. The Kier molecular flexibility index (Phi) is 4.27. The summed E-state index contributed by atoms with van der Waals surface area (Å²) in [4.78, 5) is 2.86. The molecule has 13 heavy (non-hydrogen) atoms. The van der Waals surface area contributed by atoms with Gasteiger partial charge in [-0.3, -0.25) is 0 Å². The smallest absolute Gasteiger partial charge is 0.0362 e. The van der Waals surface area contributed by atoms with E-state index in [9.17, 15) is 0 Å². The average Bonchev–Trinajstić information content (AvgIpc) is 2.47. The fourth-order valence-corrected chi connectivity index (χ4v) is 2.25. The maximum Gasteiger partial charge on any atom is 0.0362 e. The van der Waals surface area contributed by atoms with Crippen LogP contribution in [0.15, 0.2) is 12.1 Å². The van der Waals surface area contributed by atoms with Gasteiger partial charge in [0.05, 0.1) is 0 Å². The molecule has 2 heteroatoms. The van der Waals surface area contributed by atoms with Crippen LogP contribution in [0.25, 0.3) is 0 Å². The SMILES string of the molecule is Cc1ccc(CCC(Cl)C(C)C)s1. The van der Waals surface area contributed by atoms with Crippen molar-refractivity contribution in [3.8, 4) is 0 Å². The van der Waals surface area contributed by atoms with Crippen molar-refractivity contribution < 1.29 is 0 Å². The summed E-state index contributed by atoms with van der Waals surface area (Å²) in [7, 11) is 0. The van der Waals surface area contributed by atoms with Crippen LogP contribution in [0.3, 0.4) is 0 Å². The number of alkyl halides is 1. The molecule has 0 radical (unpaired) electrons. The summed E-state index contributed by atoms with van der Waals surface area (Å²) >= 11 is 8.06. The highest BCUT2D eigenvalue weighted by atomic mass is 35.5. The minimum Gasteiger partial charge on any atom is -0.146 e. The summed E-state index contributed by atoms with van der Waals surface area (Å²) in [5, 5.41) is 0.322. The average molecular weight is 217 g/mol. The van der Waals surface area contributed by atoms with E-state index in [1.54, 1.807) is 0 Å². The summed E-state index contributed by atoms with van der Waals surface area (Å²) in [6.07, 6.45) is 2.23. The van der Waals surface area contributed by atoms with E-state index in [0.29, 0.717) is 11.3 Å². The van der Waals surface area contributed by atoms with Gasteiger partial charge in [0.1, 0.15) is 0 Å². The molecule has 1 atom stereocenters. The Balaban J connectivity index is 2.35. The first-order valence-corrected chi connectivity index (χ1v) is 6.04. The molecule has 0 nitrogen and oxygen atoms in total. The van der Waals surface area contributed by atoms with Gasteiger partial charge in [-0.25, -0.2) is 0 Å². The Hall–Kier alpha value is -0.0100. The van der Waals surface area contributed by atoms with E-state index < -0.39 is 0 Å². The van der Waals surface area contributed by atoms with Crippen LogP contribution in [-0.2, 0) is 6.42 Å². The third-order valence-electron chi connectivity index (χ3n) is 2.19. The van der Waals surface area contributed by atoms with Gasteiger partial charge in [-0.2, -0.15) is 0 Å². The van der Waals surface area contributed by atoms with Crippen LogP contribution in [0.5, 0.6) is 0 Å². The lowest BCUT2D eigenvalue weighted by Gasteiger charge is -2.11. The number of halogens is 1. The molecule has 74 valence electrons. The van der Waals surface area contributed by atoms with Crippen LogP contribution in [0.4, 0.5) is 0 Å². The van der Waals surface area contributed by atoms with Crippen LogP contribution in [0.2, 0.25) is 0 Å². The quantitative estimate of drug-likeness (QED) is 0.660. The second-order valence-corrected chi connectivity index (χ2v) is 5.74. The molecule has 0 amide bonds. The van der Waals surface area contributed by atoms with Crippen LogP contribution < -0.4 is 0 Å². The van der Waals surface area contributed by atoms with E-state index in [4.69, 9.17) is 11.6 Å². The molecule has 0 saturated carbocycles. The van der Waals surface area contributed by atoms with E-state index in [2.05, 4.69) is 32.9 Å². The lowest BCUT2D eigenvalue weighted by atomic mass is 10.1. The van der Waals surface area contributed by atoms with Gasteiger partial charge in [-0.15, -0.1) is 22.9 Å². The van der Waals surface area contributed by atoms with Crippen molar-refractivity contribution in [3.63, 3.8) is 0 Å². The molecule has 0 aliphatic rings. The monoisotopic (exact) mass is 216 g/mol. The molecule has 0 aromatic carbocycles. The predicted molar refractivity (Wildman–Crippen MR) is 61.9 cm³/mol. The van der Waals surface area contributed by atoms with Crippen molar-refractivity contribution >= 4 is 22.9 Å². The number of thiophene rings is 1. The highest BCUT2D eigenvalue weighted by molar-refractivity contribution is 7.11. The number of hydrogen-bond acceptors (Lipinski definition) is 1. The molecule has 1 heterocycles. The molecule has 1 rings (SSSR count). The fraction of sp³-hybridized carbons (Fsp3) is 0.636. The van der Waals surface area contributed by atoms with Gasteiger partial charge < -0.3 is 0 Å². The first-order chi connectivity index (χ1) is 6.09. The highest BCUT2D eigenvalue weighted by Gasteiger charge is 2.09. The second kappa shape index (κ2) is 5.02. The maximum atomic E-state index is 6.18. The molecule has 0 spiro atoms. The fourth-order valence-electron chi connectivity index (χ4n) is 1.23. The Morgan fingerprint density at radius 3 is 2.54 bits per heavy atom. The Morgan fingerprint density at radius 1 is 1.38 bits per heavy atom. The third-order valence-corrected chi connectivity index (χ3v) is 3.97. The van der Waals surface area contributed by atoms with Crippen molar-refractivity contribution in [3.05, 3.63) is 21.9 Å². The first-order valence-electron chi connectivity index (χ1n) is 4.79. The zero-order valence-electron chi connectivity index (χ0n) is 8.51. The predicted octanol–water partition coefficient (Wildman–Crippen LogP) is 4.25. The Labute approximate surface area is 89.9 Å². The molecule has 0 aliphatic heterocycles. The summed E-state index contributed by atoms with van der Waals surface area (Å²) < 4.78 is 0. The van der Waals surface area contributed by atoms with Crippen molar-refractivity contribution in [2.24, 2.45) is 5.92 Å². The van der Waals surface area contributed by atoms with Gasteiger partial charge in [0.2, 0.25) is 0 Å². The normalized spacial score (nSPS) is 13.6. The molecule has 1 aromatic heterocycles. The van der Waals surface area contributed by atoms with Crippen molar-refractivity contribution in [1.82, 2.24) is 0 Å². The van der Waals surface area contributed by atoms with E-state index in [1.165, 1.54) is 9.75 Å². The third kappa shape index (κ3) is 3.70. The van der Waals surface area contributed by atoms with Gasteiger partial charge in [0.15, 0.2) is 0 Å². The number of aryl methyl sites for hydroxylation is 2. The molecule has 0 N–H and O–H groups in total. The van der Waals surface area contributed by atoms with Crippen LogP contribution in [0, 0.1) is 12.8 Å². The van der Waals surface area contributed by atoms with Gasteiger partial charge in [0, 0.05) is 15.1 Å². The minimum absolute atomic E-state index is 0.322. The second-order valence-electron chi connectivity index (χ2n) is 3.81. The summed E-state index contributed by atoms with van der Waals surface area (Å²) in [6, 6.07) is 4.39. The molecule has 0 bridgehead atoms. The van der Waals surface area contributed by atoms with Crippen LogP contribution in [0.1, 0.15) is 30.0 Å².